The van der Waals surface area contributed by atoms with Gasteiger partial charge < -0.3 is 24.3 Å². The molecule has 1 N–H and O–H groups in total. The molecule has 1 aliphatic heterocycles. The molecule has 3 aromatic rings. The number of carbonyl (C=O) groups is 2. The van der Waals surface area contributed by atoms with Gasteiger partial charge in [0, 0.05) is 24.0 Å². The standard InChI is InChI=1S/C25H28FN3O4S/c1-2-10-27-25(31)28(15-20-7-4-12-32-20)16-24(30)29-11-8-23-21(9-13-34-23)22(29)17-33-19-6-3-5-18(26)14-19/h3-7,9,12-14,22H,2,8,10-11,15-17H2,1H3,(H,27,31)/t22-/m1/s1. The minimum Gasteiger partial charge on any atom is -0.491 e. The molecule has 3 heterocycles. The average Bonchev–Trinajstić information content (AvgIpc) is 3.52. The number of thiophene rings is 1. The van der Waals surface area contributed by atoms with Crippen molar-refractivity contribution in [3.8, 4) is 5.75 Å². The van der Waals surface area contributed by atoms with Gasteiger partial charge in [-0.1, -0.05) is 13.0 Å². The lowest BCUT2D eigenvalue weighted by Crippen LogP contribution is -2.49. The number of halogens is 1. The fourth-order valence-corrected chi connectivity index (χ4v) is 4.92. The summed E-state index contributed by atoms with van der Waals surface area (Å²) in [6.45, 7) is 3.31. The highest BCUT2D eigenvalue weighted by Crippen LogP contribution is 2.34. The molecular weight excluding hydrogens is 457 g/mol. The molecule has 1 atom stereocenters. The van der Waals surface area contributed by atoms with Crippen molar-refractivity contribution in [1.82, 2.24) is 15.1 Å². The van der Waals surface area contributed by atoms with Gasteiger partial charge in [-0.15, -0.1) is 11.3 Å². The van der Waals surface area contributed by atoms with E-state index in [0.717, 1.165) is 18.4 Å². The first-order chi connectivity index (χ1) is 16.5. The molecule has 0 bridgehead atoms. The zero-order valence-corrected chi connectivity index (χ0v) is 19.9. The van der Waals surface area contributed by atoms with E-state index in [9.17, 15) is 14.0 Å². The van der Waals surface area contributed by atoms with Crippen molar-refractivity contribution in [2.45, 2.75) is 32.4 Å². The van der Waals surface area contributed by atoms with Gasteiger partial charge in [-0.2, -0.15) is 0 Å². The van der Waals surface area contributed by atoms with Crippen LogP contribution in [-0.4, -0.2) is 48.0 Å². The van der Waals surface area contributed by atoms with Crippen molar-refractivity contribution in [2.75, 3.05) is 26.2 Å². The van der Waals surface area contributed by atoms with Crippen LogP contribution in [0.25, 0.3) is 0 Å². The van der Waals surface area contributed by atoms with E-state index in [-0.39, 0.29) is 43.5 Å². The molecule has 3 amide bonds. The molecule has 0 unspecified atom stereocenters. The third-order valence-electron chi connectivity index (χ3n) is 5.69. The summed E-state index contributed by atoms with van der Waals surface area (Å²) in [5.74, 6) is 0.456. The van der Waals surface area contributed by atoms with Gasteiger partial charge in [0.15, 0.2) is 0 Å². The number of rotatable bonds is 9. The van der Waals surface area contributed by atoms with E-state index in [1.807, 2.05) is 18.4 Å². The second-order valence-electron chi connectivity index (χ2n) is 8.09. The number of hydrogen-bond donors (Lipinski definition) is 1. The molecule has 9 heteroatoms. The van der Waals surface area contributed by atoms with E-state index >= 15 is 0 Å². The number of nitrogens with zero attached hydrogens (tertiary/aromatic N) is 2. The Morgan fingerprint density at radius 3 is 2.94 bits per heavy atom. The number of amides is 3. The highest BCUT2D eigenvalue weighted by Gasteiger charge is 2.33. The summed E-state index contributed by atoms with van der Waals surface area (Å²) in [5.41, 5.74) is 1.04. The Morgan fingerprint density at radius 2 is 2.18 bits per heavy atom. The first-order valence-electron chi connectivity index (χ1n) is 11.3. The van der Waals surface area contributed by atoms with Crippen LogP contribution >= 0.6 is 11.3 Å². The lowest BCUT2D eigenvalue weighted by Gasteiger charge is -2.37. The van der Waals surface area contributed by atoms with Gasteiger partial charge in [0.25, 0.3) is 0 Å². The van der Waals surface area contributed by atoms with Crippen molar-refractivity contribution in [3.05, 3.63) is 76.1 Å². The van der Waals surface area contributed by atoms with Crippen LogP contribution in [0.3, 0.4) is 0 Å². The van der Waals surface area contributed by atoms with Crippen molar-refractivity contribution in [1.29, 1.82) is 0 Å². The molecule has 0 radical (unpaired) electrons. The normalized spacial score (nSPS) is 15.0. The zero-order valence-electron chi connectivity index (χ0n) is 19.0. The van der Waals surface area contributed by atoms with Crippen molar-refractivity contribution >= 4 is 23.3 Å². The van der Waals surface area contributed by atoms with Crippen LogP contribution in [0.15, 0.2) is 58.5 Å². The molecule has 180 valence electrons. The summed E-state index contributed by atoms with van der Waals surface area (Å²) in [6.07, 6.45) is 3.08. The number of carbonyl (C=O) groups excluding carboxylic acids is 2. The fourth-order valence-electron chi connectivity index (χ4n) is 3.99. The average molecular weight is 486 g/mol. The van der Waals surface area contributed by atoms with Crippen LogP contribution in [0.2, 0.25) is 0 Å². The summed E-state index contributed by atoms with van der Waals surface area (Å²) in [6, 6.07) is 10.9. The zero-order chi connectivity index (χ0) is 23.9. The van der Waals surface area contributed by atoms with Crippen LogP contribution in [0, 0.1) is 5.82 Å². The van der Waals surface area contributed by atoms with Crippen LogP contribution in [0.4, 0.5) is 9.18 Å². The minimum absolute atomic E-state index is 0.0911. The largest absolute Gasteiger partial charge is 0.491 e. The molecule has 1 aromatic carbocycles. The van der Waals surface area contributed by atoms with Gasteiger partial charge in [-0.05, 0) is 54.1 Å². The number of urea groups is 1. The first kappa shape index (κ1) is 23.8. The van der Waals surface area contributed by atoms with Crippen LogP contribution < -0.4 is 10.1 Å². The van der Waals surface area contributed by atoms with Crippen molar-refractivity contribution in [3.63, 3.8) is 0 Å². The Balaban J connectivity index is 1.50. The molecular formula is C25H28FN3O4S. The van der Waals surface area contributed by atoms with E-state index in [1.165, 1.54) is 21.9 Å². The molecule has 0 fully saturated rings. The number of furan rings is 1. The van der Waals surface area contributed by atoms with E-state index in [0.29, 0.717) is 24.6 Å². The van der Waals surface area contributed by atoms with Crippen molar-refractivity contribution < 1.29 is 23.1 Å². The summed E-state index contributed by atoms with van der Waals surface area (Å²) < 4.78 is 24.9. The molecule has 7 nitrogen and oxygen atoms in total. The fraction of sp³-hybridized carbons (Fsp3) is 0.360. The number of ether oxygens (including phenoxy) is 1. The van der Waals surface area contributed by atoms with Crippen molar-refractivity contribution in [2.24, 2.45) is 0 Å². The van der Waals surface area contributed by atoms with Gasteiger partial charge in [-0.3, -0.25) is 4.79 Å². The second-order valence-corrected chi connectivity index (χ2v) is 9.09. The van der Waals surface area contributed by atoms with E-state index < -0.39 is 0 Å². The lowest BCUT2D eigenvalue weighted by atomic mass is 10.0. The minimum atomic E-state index is -0.378. The molecule has 4 rings (SSSR count). The number of hydrogen-bond acceptors (Lipinski definition) is 5. The molecule has 0 aliphatic carbocycles. The van der Waals surface area contributed by atoms with E-state index in [1.54, 1.807) is 46.8 Å². The first-order valence-corrected chi connectivity index (χ1v) is 12.2. The molecule has 0 saturated carbocycles. The summed E-state index contributed by atoms with van der Waals surface area (Å²) in [5, 5.41) is 4.85. The Morgan fingerprint density at radius 1 is 1.29 bits per heavy atom. The van der Waals surface area contributed by atoms with Gasteiger partial charge in [0.1, 0.15) is 30.5 Å². The van der Waals surface area contributed by atoms with Gasteiger partial charge in [0.05, 0.1) is 18.8 Å². The predicted octanol–water partition coefficient (Wildman–Crippen LogP) is 4.61. The van der Waals surface area contributed by atoms with E-state index in [2.05, 4.69) is 5.32 Å². The molecule has 0 saturated heterocycles. The Bertz CT molecular complexity index is 1100. The summed E-state index contributed by atoms with van der Waals surface area (Å²) >= 11 is 1.66. The monoisotopic (exact) mass is 485 g/mol. The van der Waals surface area contributed by atoms with Gasteiger partial charge in [-0.25, -0.2) is 9.18 Å². The van der Waals surface area contributed by atoms with Gasteiger partial charge >= 0.3 is 6.03 Å². The highest BCUT2D eigenvalue weighted by atomic mass is 32.1. The summed E-state index contributed by atoms with van der Waals surface area (Å²) in [7, 11) is 0. The molecule has 34 heavy (non-hydrogen) atoms. The molecule has 0 spiro atoms. The quantitative estimate of drug-likeness (QED) is 0.481. The highest BCUT2D eigenvalue weighted by molar-refractivity contribution is 7.10. The Hall–Kier alpha value is -3.33. The summed E-state index contributed by atoms with van der Waals surface area (Å²) in [4.78, 5) is 30.7. The topological polar surface area (TPSA) is 75.0 Å². The van der Waals surface area contributed by atoms with Crippen LogP contribution in [0.5, 0.6) is 5.75 Å². The number of nitrogens with one attached hydrogen (secondary N) is 1. The Labute approximate surface area is 202 Å². The maximum Gasteiger partial charge on any atom is 0.318 e. The number of benzene rings is 1. The maximum atomic E-state index is 13.6. The van der Waals surface area contributed by atoms with Crippen LogP contribution in [-0.2, 0) is 17.8 Å². The SMILES string of the molecule is CCCNC(=O)N(CC(=O)N1CCc2sccc2[C@H]1COc1cccc(F)c1)Cc1ccco1. The predicted molar refractivity (Wildman–Crippen MR) is 127 cm³/mol. The smallest absolute Gasteiger partial charge is 0.318 e. The second kappa shape index (κ2) is 11.2. The number of fused-ring (bicyclic) bond motifs is 1. The Kier molecular flexibility index (Phi) is 7.84. The maximum absolute atomic E-state index is 13.6. The molecule has 2 aromatic heterocycles. The van der Waals surface area contributed by atoms with Gasteiger partial charge in [0.2, 0.25) is 5.91 Å². The third-order valence-corrected chi connectivity index (χ3v) is 6.68. The van der Waals surface area contributed by atoms with E-state index in [4.69, 9.17) is 9.15 Å². The van der Waals surface area contributed by atoms with Crippen LogP contribution in [0.1, 0.15) is 35.6 Å². The third kappa shape index (κ3) is 5.77. The molecule has 1 aliphatic rings. The lowest BCUT2D eigenvalue weighted by molar-refractivity contribution is -0.135.